The summed E-state index contributed by atoms with van der Waals surface area (Å²) in [5, 5.41) is 19.5. The second-order valence-electron chi connectivity index (χ2n) is 6.64. The van der Waals surface area contributed by atoms with Gasteiger partial charge in [0.05, 0.1) is 11.3 Å². The van der Waals surface area contributed by atoms with E-state index in [1.165, 1.54) is 6.20 Å². The molecule has 0 radical (unpaired) electrons. The van der Waals surface area contributed by atoms with Gasteiger partial charge in [0.1, 0.15) is 0 Å². The third kappa shape index (κ3) is 4.96. The van der Waals surface area contributed by atoms with Gasteiger partial charge >= 0.3 is 0 Å². The summed E-state index contributed by atoms with van der Waals surface area (Å²) in [5.41, 5.74) is 0.600. The van der Waals surface area contributed by atoms with Crippen molar-refractivity contribution in [3.63, 3.8) is 0 Å². The van der Waals surface area contributed by atoms with Gasteiger partial charge in [0.2, 0.25) is 0 Å². The number of sulfonamides is 1. The van der Waals surface area contributed by atoms with E-state index in [-0.39, 0.29) is 16.4 Å². The van der Waals surface area contributed by atoms with Crippen LogP contribution in [0.25, 0.3) is 0 Å². The molecule has 2 rings (SSSR count). The number of primary sulfonamides is 1. The molecule has 0 atom stereocenters. The van der Waals surface area contributed by atoms with E-state index in [0.29, 0.717) is 11.6 Å². The summed E-state index contributed by atoms with van der Waals surface area (Å²) >= 11 is 0. The summed E-state index contributed by atoms with van der Waals surface area (Å²) in [5.74, 6) is 5.27. The Balaban J connectivity index is 2.29. The number of aromatic nitrogens is 1. The van der Waals surface area contributed by atoms with Crippen LogP contribution in [0.1, 0.15) is 24.8 Å². The van der Waals surface area contributed by atoms with Crippen molar-refractivity contribution in [3.05, 3.63) is 17.8 Å². The molecule has 0 amide bonds. The van der Waals surface area contributed by atoms with Gasteiger partial charge in [-0.3, -0.25) is 5.41 Å². The largest absolute Gasteiger partial charge is 0.371 e. The van der Waals surface area contributed by atoms with Crippen LogP contribution in [0.15, 0.2) is 27.6 Å². The number of nitrogens with two attached hydrogens (primary N) is 2. The number of pyridine rings is 1. The molecular formula is C15H26N8O2S. The lowest BCUT2D eigenvalue weighted by atomic mass is 9.93. The SMILES string of the molecule is CN(C)CCC1CCN(c2ccnc(S(N)(=O)=O)c2C(=N)N=NN)CC1. The second kappa shape index (κ2) is 8.52. The average molecular weight is 382 g/mol. The highest BCUT2D eigenvalue weighted by Gasteiger charge is 2.27. The fourth-order valence-electron chi connectivity index (χ4n) is 3.15. The molecule has 11 heteroatoms. The zero-order valence-electron chi connectivity index (χ0n) is 15.1. The van der Waals surface area contributed by atoms with Crippen molar-refractivity contribution in [1.29, 1.82) is 5.41 Å². The van der Waals surface area contributed by atoms with Crippen LogP contribution in [0.4, 0.5) is 5.69 Å². The number of piperidine rings is 1. The van der Waals surface area contributed by atoms with E-state index in [0.717, 1.165) is 38.9 Å². The lowest BCUT2D eigenvalue weighted by Gasteiger charge is -2.35. The van der Waals surface area contributed by atoms with Crippen LogP contribution in [0, 0.1) is 11.3 Å². The predicted octanol–water partition coefficient (Wildman–Crippen LogP) is 0.548. The van der Waals surface area contributed by atoms with E-state index in [1.54, 1.807) is 6.07 Å². The number of nitrogens with zero attached hydrogens (tertiary/aromatic N) is 5. The molecule has 5 N–H and O–H groups in total. The monoisotopic (exact) mass is 382 g/mol. The van der Waals surface area contributed by atoms with E-state index in [4.69, 9.17) is 16.4 Å². The first-order chi connectivity index (χ1) is 12.2. The van der Waals surface area contributed by atoms with Crippen LogP contribution in [0.3, 0.4) is 0 Å². The predicted molar refractivity (Wildman–Crippen MR) is 99.6 cm³/mol. The van der Waals surface area contributed by atoms with E-state index < -0.39 is 10.0 Å². The van der Waals surface area contributed by atoms with Gasteiger partial charge in [0.25, 0.3) is 10.0 Å². The number of rotatable bonds is 6. The molecule has 0 aliphatic carbocycles. The van der Waals surface area contributed by atoms with E-state index in [2.05, 4.69) is 34.3 Å². The molecule has 1 aromatic heterocycles. The molecule has 0 unspecified atom stereocenters. The van der Waals surface area contributed by atoms with E-state index in [9.17, 15) is 8.42 Å². The summed E-state index contributed by atoms with van der Waals surface area (Å²) in [6, 6.07) is 1.67. The van der Waals surface area contributed by atoms with Crippen LogP contribution in [0.2, 0.25) is 0 Å². The third-order valence-corrected chi connectivity index (χ3v) is 5.35. The molecule has 0 spiro atoms. The molecule has 144 valence electrons. The summed E-state index contributed by atoms with van der Waals surface area (Å²) < 4.78 is 23.8. The first-order valence-corrected chi connectivity index (χ1v) is 9.90. The molecular weight excluding hydrogens is 356 g/mol. The molecule has 1 fully saturated rings. The van der Waals surface area contributed by atoms with E-state index >= 15 is 0 Å². The van der Waals surface area contributed by atoms with Gasteiger partial charge in [0.15, 0.2) is 10.9 Å². The van der Waals surface area contributed by atoms with Crippen LogP contribution < -0.4 is 15.9 Å². The minimum absolute atomic E-state index is 0.0379. The topological polar surface area (TPSA) is 154 Å². The normalized spacial score (nSPS) is 16.5. The quantitative estimate of drug-likeness (QED) is 0.214. The zero-order chi connectivity index (χ0) is 19.3. The lowest BCUT2D eigenvalue weighted by molar-refractivity contribution is 0.313. The number of amidine groups is 1. The highest BCUT2D eigenvalue weighted by atomic mass is 32.2. The van der Waals surface area contributed by atoms with Crippen LogP contribution in [-0.2, 0) is 10.0 Å². The third-order valence-electron chi connectivity index (χ3n) is 4.50. The van der Waals surface area contributed by atoms with Crippen molar-refractivity contribution in [3.8, 4) is 0 Å². The molecule has 2 heterocycles. The lowest BCUT2D eigenvalue weighted by Crippen LogP contribution is -2.36. The molecule has 1 aliphatic rings. The van der Waals surface area contributed by atoms with Crippen LogP contribution >= 0.6 is 0 Å². The Hall–Kier alpha value is -2.11. The smallest absolute Gasteiger partial charge is 0.256 e. The Morgan fingerprint density at radius 3 is 2.62 bits per heavy atom. The van der Waals surface area contributed by atoms with Crippen molar-refractivity contribution in [1.82, 2.24) is 9.88 Å². The van der Waals surface area contributed by atoms with E-state index in [1.807, 2.05) is 4.90 Å². The number of hydrogen-bond donors (Lipinski definition) is 3. The Bertz CT molecular complexity index is 770. The van der Waals surface area contributed by atoms with Crippen molar-refractivity contribution >= 4 is 21.5 Å². The Morgan fingerprint density at radius 2 is 2.08 bits per heavy atom. The highest BCUT2D eigenvalue weighted by molar-refractivity contribution is 7.89. The van der Waals surface area contributed by atoms with Crippen molar-refractivity contribution in [2.75, 3.05) is 38.6 Å². The number of hydrogen-bond acceptors (Lipinski definition) is 7. The van der Waals surface area contributed by atoms with Gasteiger partial charge in [-0.25, -0.2) is 18.5 Å². The fourth-order valence-corrected chi connectivity index (χ4v) is 3.84. The summed E-state index contributed by atoms with van der Waals surface area (Å²) in [6.07, 6.45) is 4.49. The van der Waals surface area contributed by atoms with Gasteiger partial charge in [0, 0.05) is 19.3 Å². The van der Waals surface area contributed by atoms with Crippen molar-refractivity contribution in [2.24, 2.45) is 27.2 Å². The summed E-state index contributed by atoms with van der Waals surface area (Å²) in [7, 11) is 0.00708. The Kier molecular flexibility index (Phi) is 6.62. The van der Waals surface area contributed by atoms with Crippen molar-refractivity contribution in [2.45, 2.75) is 24.3 Å². The first-order valence-electron chi connectivity index (χ1n) is 8.35. The van der Waals surface area contributed by atoms with Crippen LogP contribution in [0.5, 0.6) is 0 Å². The zero-order valence-corrected chi connectivity index (χ0v) is 15.9. The molecule has 0 aromatic carbocycles. The molecule has 1 aromatic rings. The summed E-state index contributed by atoms with van der Waals surface area (Å²) in [4.78, 5) is 8.06. The van der Waals surface area contributed by atoms with Gasteiger partial charge in [-0.15, -0.1) is 5.11 Å². The average Bonchev–Trinajstić information content (AvgIpc) is 2.59. The number of anilines is 1. The minimum Gasteiger partial charge on any atom is -0.371 e. The van der Waals surface area contributed by atoms with Gasteiger partial charge in [-0.2, -0.15) is 0 Å². The second-order valence-corrected chi connectivity index (χ2v) is 8.12. The maximum absolute atomic E-state index is 11.9. The molecule has 0 saturated carbocycles. The van der Waals surface area contributed by atoms with Gasteiger partial charge < -0.3 is 15.6 Å². The molecule has 1 saturated heterocycles. The Labute approximate surface area is 153 Å². The molecule has 10 nitrogen and oxygen atoms in total. The van der Waals surface area contributed by atoms with Crippen LogP contribution in [-0.4, -0.2) is 57.9 Å². The maximum Gasteiger partial charge on any atom is 0.256 e. The summed E-state index contributed by atoms with van der Waals surface area (Å²) in [6.45, 7) is 2.56. The highest BCUT2D eigenvalue weighted by Crippen LogP contribution is 2.30. The minimum atomic E-state index is -4.11. The molecule has 0 bridgehead atoms. The number of nitrogens with one attached hydrogen (secondary N) is 1. The standard InChI is InChI=1S/C15H26N8O2S/c1-22(2)8-4-11-5-9-23(10-6-11)12-3-7-19-15(26(18,24)25)13(12)14(16)20-21-17/h3,7,11H,4-6,8-10H2,1-2H3,(H3,16,17,20)(H2,18,24,25). The van der Waals surface area contributed by atoms with Gasteiger partial charge in [-0.1, -0.05) is 5.22 Å². The molecule has 26 heavy (non-hydrogen) atoms. The fraction of sp³-hybridized carbons (Fsp3) is 0.600. The maximum atomic E-state index is 11.9. The first kappa shape index (κ1) is 20.2. The van der Waals surface area contributed by atoms with Crippen molar-refractivity contribution < 1.29 is 8.42 Å². The molecule has 1 aliphatic heterocycles. The van der Waals surface area contributed by atoms with Gasteiger partial charge in [-0.05, 0) is 51.9 Å². The Morgan fingerprint density at radius 1 is 1.42 bits per heavy atom.